The summed E-state index contributed by atoms with van der Waals surface area (Å²) in [4.78, 5) is 68.3. The number of pyridine rings is 2. The van der Waals surface area contributed by atoms with Crippen molar-refractivity contribution in [3.63, 3.8) is 0 Å². The van der Waals surface area contributed by atoms with E-state index in [4.69, 9.17) is 52.1 Å². The molecule has 0 saturated carbocycles. The van der Waals surface area contributed by atoms with E-state index < -0.39 is 41.8 Å². The number of amides is 2. The molecule has 0 saturated heterocycles. The first-order chi connectivity index (χ1) is 31.4. The molecule has 2 amide bonds. The maximum Gasteiger partial charge on any atom is 0.336 e. The molecular formula is C49H38Cl2N4O10. The normalized spacial score (nSPS) is 18.3. The van der Waals surface area contributed by atoms with Gasteiger partial charge in [0.1, 0.15) is 38.5 Å². The molecule has 3 atom stereocenters. The lowest BCUT2D eigenvalue weighted by atomic mass is 9.80. The number of ether oxygens (including phenoxy) is 4. The van der Waals surface area contributed by atoms with E-state index in [-0.39, 0.29) is 45.4 Å². The van der Waals surface area contributed by atoms with Crippen LogP contribution in [0, 0.1) is 6.92 Å². The fourth-order valence-corrected chi connectivity index (χ4v) is 9.60. The monoisotopic (exact) mass is 912 g/mol. The van der Waals surface area contributed by atoms with Crippen molar-refractivity contribution in [2.75, 3.05) is 39.5 Å². The van der Waals surface area contributed by atoms with Gasteiger partial charge in [-0.3, -0.25) is 19.6 Å². The maximum atomic E-state index is 15.1. The molecule has 3 unspecified atom stereocenters. The van der Waals surface area contributed by atoms with Gasteiger partial charge in [-0.05, 0) is 108 Å². The highest BCUT2D eigenvalue weighted by Crippen LogP contribution is 2.48. The number of aromatic carboxylic acids is 2. The Kier molecular flexibility index (Phi) is 10.8. The summed E-state index contributed by atoms with van der Waals surface area (Å²) in [6, 6.07) is 23.9. The summed E-state index contributed by atoms with van der Waals surface area (Å²) in [6.07, 6.45) is 2.05. The molecule has 328 valence electrons. The van der Waals surface area contributed by atoms with Gasteiger partial charge in [-0.15, -0.1) is 0 Å². The van der Waals surface area contributed by atoms with Gasteiger partial charge in [0.15, 0.2) is 23.0 Å². The molecule has 14 nitrogen and oxygen atoms in total. The summed E-state index contributed by atoms with van der Waals surface area (Å²) in [7, 11) is 0. The van der Waals surface area contributed by atoms with Crippen molar-refractivity contribution >= 4 is 47.0 Å². The Hall–Kier alpha value is -7.16. The highest BCUT2D eigenvalue weighted by atomic mass is 35.5. The summed E-state index contributed by atoms with van der Waals surface area (Å²) < 4.78 is 24.2. The molecule has 6 aromatic rings. The SMILES string of the molecule is Cc1ccc(C(=O)N2CC(c3cccc(C4c5cc6c(cc5CCN4C(=O)c4cc(Cl)c(Cl)cc4C(=O)O)OCCO6)n3)c3cc4c(cc3C2c2ccccn2)OCCO4)c(C(=O)O)c1. The largest absolute Gasteiger partial charge is 0.486 e. The summed E-state index contributed by atoms with van der Waals surface area (Å²) in [6.45, 7) is 3.31. The van der Waals surface area contributed by atoms with Crippen LogP contribution in [0.5, 0.6) is 23.0 Å². The summed E-state index contributed by atoms with van der Waals surface area (Å²) >= 11 is 12.7. The molecule has 65 heavy (non-hydrogen) atoms. The minimum Gasteiger partial charge on any atom is -0.486 e. The molecule has 4 aliphatic heterocycles. The Bertz CT molecular complexity index is 2970. The van der Waals surface area contributed by atoms with E-state index in [1.807, 2.05) is 48.5 Å². The number of aryl methyl sites for hydroxylation is 1. The average Bonchev–Trinajstić information content (AvgIpc) is 3.32. The molecule has 0 bridgehead atoms. The topological polar surface area (TPSA) is 178 Å². The van der Waals surface area contributed by atoms with Crippen molar-refractivity contribution in [3.8, 4) is 23.0 Å². The van der Waals surface area contributed by atoms with Crippen LogP contribution in [0.15, 0.2) is 97.2 Å². The first kappa shape index (κ1) is 41.8. The number of rotatable bonds is 7. The zero-order valence-electron chi connectivity index (χ0n) is 34.6. The number of halogens is 2. The molecule has 4 aliphatic rings. The number of benzene rings is 4. The summed E-state index contributed by atoms with van der Waals surface area (Å²) in [5.41, 5.74) is 4.67. The third-order valence-corrected chi connectivity index (χ3v) is 12.9. The standard InChI is InChI=1S/C49H38Cl2N4O10/c1-25-8-9-27(32(17-25)48(58)59)46(56)55-24-34(29-22-42-43(65-16-15-64-42)23-30(29)45(55)38-5-2-3-11-52-38)37-6-4-7-39(53-37)44-28-21-41-40(62-13-14-63-41)18-26(28)10-12-54(44)47(57)31-19-35(50)36(51)20-33(31)49(60)61/h2-9,11,17-23,34,44-45H,10,12-16,24H2,1H3,(H,58,59)(H,60,61). The summed E-state index contributed by atoms with van der Waals surface area (Å²) in [5, 5.41) is 20.6. The number of hydrogen-bond acceptors (Lipinski definition) is 10. The molecule has 0 fully saturated rings. The van der Waals surface area contributed by atoms with Gasteiger partial charge in [0.05, 0.1) is 49.4 Å². The maximum absolute atomic E-state index is 15.1. The molecule has 2 N–H and O–H groups in total. The number of carbonyl (C=O) groups excluding carboxylic acids is 2. The molecule has 0 radical (unpaired) electrons. The van der Waals surface area contributed by atoms with Crippen molar-refractivity contribution in [3.05, 3.63) is 174 Å². The second kappa shape index (κ2) is 16.8. The minimum absolute atomic E-state index is 0.00957. The zero-order valence-corrected chi connectivity index (χ0v) is 36.1. The molecular weight excluding hydrogens is 875 g/mol. The number of fused-ring (bicyclic) bond motifs is 4. The quantitative estimate of drug-likeness (QED) is 0.157. The lowest BCUT2D eigenvalue weighted by molar-refractivity contribution is 0.0642. The van der Waals surface area contributed by atoms with Crippen molar-refractivity contribution in [2.24, 2.45) is 0 Å². The fourth-order valence-electron chi connectivity index (χ4n) is 9.28. The number of carboxylic acids is 2. The van der Waals surface area contributed by atoms with Crippen molar-refractivity contribution < 1.29 is 48.3 Å². The first-order valence-corrected chi connectivity index (χ1v) is 21.6. The smallest absolute Gasteiger partial charge is 0.336 e. The molecule has 0 aliphatic carbocycles. The Morgan fingerprint density at radius 1 is 0.600 bits per heavy atom. The molecule has 16 heteroatoms. The Labute approximate surface area is 381 Å². The lowest BCUT2D eigenvalue weighted by Gasteiger charge is -2.42. The van der Waals surface area contributed by atoms with Crippen molar-refractivity contribution in [1.82, 2.24) is 19.8 Å². The van der Waals surface area contributed by atoms with Crippen LogP contribution in [0.4, 0.5) is 0 Å². The third kappa shape index (κ3) is 7.51. The molecule has 6 heterocycles. The fraction of sp³-hybridized carbons (Fsp3) is 0.224. The van der Waals surface area contributed by atoms with Gasteiger partial charge in [0.2, 0.25) is 0 Å². The van der Waals surface area contributed by atoms with Crippen LogP contribution in [0.2, 0.25) is 10.0 Å². The van der Waals surface area contributed by atoms with Gasteiger partial charge in [-0.2, -0.15) is 0 Å². The number of nitrogens with zero attached hydrogens (tertiary/aromatic N) is 4. The summed E-state index contributed by atoms with van der Waals surface area (Å²) in [5.74, 6) is -2.29. The van der Waals surface area contributed by atoms with E-state index in [0.29, 0.717) is 89.6 Å². The second-order valence-corrected chi connectivity index (χ2v) is 16.9. The number of aromatic nitrogens is 2. The third-order valence-electron chi connectivity index (χ3n) is 12.2. The first-order valence-electron chi connectivity index (χ1n) is 20.9. The zero-order chi connectivity index (χ0) is 45.1. The molecule has 10 rings (SSSR count). The van der Waals surface area contributed by atoms with E-state index in [0.717, 1.165) is 11.1 Å². The number of carboxylic acid groups (broad SMARTS) is 2. The van der Waals surface area contributed by atoms with E-state index in [9.17, 15) is 24.6 Å². The Balaban J connectivity index is 1.15. The molecule has 4 aromatic carbocycles. The van der Waals surface area contributed by atoms with E-state index in [2.05, 4.69) is 0 Å². The molecule has 0 spiro atoms. The van der Waals surface area contributed by atoms with Gasteiger partial charge >= 0.3 is 11.9 Å². The number of hydrogen-bond donors (Lipinski definition) is 2. The highest BCUT2D eigenvalue weighted by Gasteiger charge is 2.42. The van der Waals surface area contributed by atoms with Gasteiger partial charge in [-0.25, -0.2) is 9.59 Å². The van der Waals surface area contributed by atoms with Crippen LogP contribution in [0.3, 0.4) is 0 Å². The van der Waals surface area contributed by atoms with Crippen molar-refractivity contribution in [1.29, 1.82) is 0 Å². The van der Waals surface area contributed by atoms with E-state index in [1.54, 1.807) is 41.1 Å². The lowest BCUT2D eigenvalue weighted by Crippen LogP contribution is -2.44. The van der Waals surface area contributed by atoms with Crippen LogP contribution in [-0.4, -0.2) is 93.3 Å². The highest BCUT2D eigenvalue weighted by molar-refractivity contribution is 6.42. The van der Waals surface area contributed by atoms with Gasteiger partial charge < -0.3 is 39.0 Å². The minimum atomic E-state index is -1.35. The van der Waals surface area contributed by atoms with Crippen LogP contribution < -0.4 is 18.9 Å². The van der Waals surface area contributed by atoms with Crippen LogP contribution in [0.1, 0.15) is 104 Å². The predicted octanol–water partition coefficient (Wildman–Crippen LogP) is 8.20. The Morgan fingerprint density at radius 3 is 1.83 bits per heavy atom. The van der Waals surface area contributed by atoms with E-state index in [1.165, 1.54) is 24.3 Å². The average molecular weight is 914 g/mol. The van der Waals surface area contributed by atoms with Gasteiger partial charge in [0, 0.05) is 25.2 Å². The van der Waals surface area contributed by atoms with Crippen LogP contribution in [-0.2, 0) is 6.42 Å². The Morgan fingerprint density at radius 2 is 1.17 bits per heavy atom. The van der Waals surface area contributed by atoms with Crippen molar-refractivity contribution in [2.45, 2.75) is 31.3 Å². The van der Waals surface area contributed by atoms with Gasteiger partial charge in [-0.1, -0.05) is 47.0 Å². The van der Waals surface area contributed by atoms with Gasteiger partial charge in [0.25, 0.3) is 11.8 Å². The number of carbonyl (C=O) groups is 4. The van der Waals surface area contributed by atoms with Crippen LogP contribution >= 0.6 is 23.2 Å². The molecule has 2 aromatic heterocycles. The van der Waals surface area contributed by atoms with E-state index >= 15 is 4.79 Å². The van der Waals surface area contributed by atoms with Crippen LogP contribution in [0.25, 0.3) is 0 Å². The predicted molar refractivity (Wildman–Crippen MR) is 236 cm³/mol. The second-order valence-electron chi connectivity index (χ2n) is 16.1.